The third kappa shape index (κ3) is 3.43. The van der Waals surface area contributed by atoms with E-state index in [2.05, 4.69) is 10.3 Å². The van der Waals surface area contributed by atoms with Crippen molar-refractivity contribution in [2.75, 3.05) is 0 Å². The van der Waals surface area contributed by atoms with Crippen molar-refractivity contribution < 1.29 is 14.7 Å². The second-order valence-electron chi connectivity index (χ2n) is 4.60. The van der Waals surface area contributed by atoms with Crippen molar-refractivity contribution in [2.24, 2.45) is 5.92 Å². The normalized spacial score (nSPS) is 14.4. The molecule has 0 fully saturated rings. The van der Waals surface area contributed by atoms with E-state index in [1.165, 1.54) is 17.4 Å². The molecule has 2 aromatic rings. The van der Waals surface area contributed by atoms with E-state index in [-0.39, 0.29) is 5.91 Å². The molecule has 6 nitrogen and oxygen atoms in total. The van der Waals surface area contributed by atoms with E-state index in [4.69, 9.17) is 16.7 Å². The number of fused-ring (bicyclic) bond motifs is 1. The zero-order valence-corrected chi connectivity index (χ0v) is 13.0. The number of carboxylic acid groups (broad SMARTS) is 1. The van der Waals surface area contributed by atoms with Crippen LogP contribution in [0.1, 0.15) is 19.5 Å². The smallest absolute Gasteiger partial charge is 0.308 e. The molecule has 2 unspecified atom stereocenters. The summed E-state index contributed by atoms with van der Waals surface area (Å²) in [4.78, 5) is 27.5. The summed E-state index contributed by atoms with van der Waals surface area (Å²) in [5.41, 5.74) is 0.613. The molecule has 8 heteroatoms. The van der Waals surface area contributed by atoms with Crippen LogP contribution in [0.3, 0.4) is 0 Å². The Bertz CT molecular complexity index is 707. The molecule has 0 aliphatic heterocycles. The number of amides is 1. The summed E-state index contributed by atoms with van der Waals surface area (Å²) < 4.78 is 1.78. The van der Waals surface area contributed by atoms with Gasteiger partial charge in [-0.2, -0.15) is 0 Å². The number of nitrogens with zero attached hydrogens (tertiary/aromatic N) is 2. The third-order valence-corrected chi connectivity index (χ3v) is 4.19. The maximum atomic E-state index is 11.8. The Hall–Kier alpha value is -1.86. The van der Waals surface area contributed by atoms with Crippen LogP contribution in [0.15, 0.2) is 17.7 Å². The number of carbonyl (C=O) groups is 2. The van der Waals surface area contributed by atoms with Gasteiger partial charge in [-0.3, -0.25) is 14.0 Å². The zero-order chi connectivity index (χ0) is 15.6. The van der Waals surface area contributed by atoms with E-state index >= 15 is 0 Å². The van der Waals surface area contributed by atoms with Gasteiger partial charge >= 0.3 is 5.97 Å². The average molecular weight is 328 g/mol. The first-order chi connectivity index (χ1) is 9.90. The molecule has 0 saturated heterocycles. The molecule has 0 aromatic carbocycles. The van der Waals surface area contributed by atoms with Crippen molar-refractivity contribution in [3.63, 3.8) is 0 Å². The molecule has 0 saturated carbocycles. The van der Waals surface area contributed by atoms with E-state index in [1.807, 2.05) is 11.6 Å². The first kappa shape index (κ1) is 15.5. The van der Waals surface area contributed by atoms with Crippen molar-refractivity contribution >= 4 is 45.9 Å². The summed E-state index contributed by atoms with van der Waals surface area (Å²) in [5.74, 6) is -1.99. The van der Waals surface area contributed by atoms with Gasteiger partial charge in [-0.1, -0.05) is 11.6 Å². The lowest BCUT2D eigenvalue weighted by Crippen LogP contribution is -2.39. The third-order valence-electron chi connectivity index (χ3n) is 3.16. The molecule has 2 N–H and O–H groups in total. The standard InChI is InChI=1S/C13H14ClN3O3S/c1-7(12(19)20)8(2)15-10(18)4-3-9-11(14)16-13-17(9)5-6-21-13/h3-8H,1-2H3,(H,15,18)(H,19,20)/b4-3+. The highest BCUT2D eigenvalue weighted by Gasteiger charge is 2.20. The summed E-state index contributed by atoms with van der Waals surface area (Å²) in [5, 5.41) is 13.7. The van der Waals surface area contributed by atoms with Gasteiger partial charge in [0.15, 0.2) is 10.1 Å². The number of hydrogen-bond acceptors (Lipinski definition) is 4. The SMILES string of the molecule is CC(NC(=O)/C=C/c1c(Cl)nc2sccn12)C(C)C(=O)O. The number of carbonyl (C=O) groups excluding carboxylic acids is 1. The fraction of sp³-hybridized carbons (Fsp3) is 0.308. The van der Waals surface area contributed by atoms with Crippen molar-refractivity contribution in [1.82, 2.24) is 14.7 Å². The Morgan fingerprint density at radius 3 is 2.90 bits per heavy atom. The van der Waals surface area contributed by atoms with E-state index in [0.717, 1.165) is 4.96 Å². The lowest BCUT2D eigenvalue weighted by molar-refractivity contribution is -0.142. The minimum Gasteiger partial charge on any atom is -0.481 e. The number of carboxylic acids is 1. The second-order valence-corrected chi connectivity index (χ2v) is 5.83. The highest BCUT2D eigenvalue weighted by molar-refractivity contribution is 7.15. The molecule has 0 bridgehead atoms. The Balaban J connectivity index is 2.07. The molecule has 21 heavy (non-hydrogen) atoms. The molecular formula is C13H14ClN3O3S. The number of aliphatic carboxylic acids is 1. The highest BCUT2D eigenvalue weighted by Crippen LogP contribution is 2.22. The summed E-state index contributed by atoms with van der Waals surface area (Å²) in [6.07, 6.45) is 4.69. The zero-order valence-electron chi connectivity index (χ0n) is 11.4. The molecule has 2 heterocycles. The summed E-state index contributed by atoms with van der Waals surface area (Å²) in [7, 11) is 0. The van der Waals surface area contributed by atoms with Crippen molar-refractivity contribution in [1.29, 1.82) is 0 Å². The van der Waals surface area contributed by atoms with Crippen LogP contribution >= 0.6 is 22.9 Å². The molecule has 0 radical (unpaired) electrons. The average Bonchev–Trinajstić information content (AvgIpc) is 2.96. The van der Waals surface area contributed by atoms with Gasteiger partial charge in [0.05, 0.1) is 11.6 Å². The molecule has 2 atom stereocenters. The molecular weight excluding hydrogens is 314 g/mol. The second kappa shape index (κ2) is 6.28. The van der Waals surface area contributed by atoms with Gasteiger partial charge in [0, 0.05) is 23.7 Å². The summed E-state index contributed by atoms with van der Waals surface area (Å²) in [6.45, 7) is 3.19. The monoisotopic (exact) mass is 327 g/mol. The van der Waals surface area contributed by atoms with Crippen LogP contribution in [0, 0.1) is 5.92 Å². The number of thiazole rings is 1. The first-order valence-electron chi connectivity index (χ1n) is 6.22. The maximum absolute atomic E-state index is 11.8. The predicted molar refractivity (Wildman–Crippen MR) is 81.5 cm³/mol. The van der Waals surface area contributed by atoms with E-state index < -0.39 is 17.9 Å². The predicted octanol–water partition coefficient (Wildman–Crippen LogP) is 2.29. The van der Waals surface area contributed by atoms with Gasteiger partial charge in [-0.15, -0.1) is 11.3 Å². The molecule has 0 aliphatic rings. The Morgan fingerprint density at radius 1 is 1.52 bits per heavy atom. The minimum absolute atomic E-state index is 0.317. The van der Waals surface area contributed by atoms with Gasteiger partial charge in [0.25, 0.3) is 0 Å². The number of imidazole rings is 1. The molecule has 2 rings (SSSR count). The highest BCUT2D eigenvalue weighted by atomic mass is 35.5. The largest absolute Gasteiger partial charge is 0.481 e. The van der Waals surface area contributed by atoms with Crippen molar-refractivity contribution in [2.45, 2.75) is 19.9 Å². The Kier molecular flexibility index (Phi) is 4.64. The number of aromatic nitrogens is 2. The number of halogens is 1. The van der Waals surface area contributed by atoms with Crippen LogP contribution < -0.4 is 5.32 Å². The van der Waals surface area contributed by atoms with Gasteiger partial charge in [-0.05, 0) is 19.9 Å². The van der Waals surface area contributed by atoms with Crippen LogP contribution in [0.4, 0.5) is 0 Å². The van der Waals surface area contributed by atoms with Crippen LogP contribution in [0.2, 0.25) is 5.15 Å². The first-order valence-corrected chi connectivity index (χ1v) is 7.48. The molecule has 0 spiro atoms. The lowest BCUT2D eigenvalue weighted by atomic mass is 10.0. The van der Waals surface area contributed by atoms with E-state index in [0.29, 0.717) is 10.8 Å². The molecule has 0 aliphatic carbocycles. The number of rotatable bonds is 5. The van der Waals surface area contributed by atoms with E-state index in [1.54, 1.807) is 24.3 Å². The van der Waals surface area contributed by atoms with Crippen molar-refractivity contribution in [3.8, 4) is 0 Å². The van der Waals surface area contributed by atoms with Gasteiger partial charge in [-0.25, -0.2) is 4.98 Å². The quantitative estimate of drug-likeness (QED) is 0.825. The van der Waals surface area contributed by atoms with Crippen LogP contribution in [0.5, 0.6) is 0 Å². The van der Waals surface area contributed by atoms with Gasteiger partial charge in [0.1, 0.15) is 0 Å². The summed E-state index contributed by atoms with van der Waals surface area (Å²) >= 11 is 7.45. The number of hydrogen-bond donors (Lipinski definition) is 2. The number of nitrogens with one attached hydrogen (secondary N) is 1. The van der Waals surface area contributed by atoms with Crippen LogP contribution in [0.25, 0.3) is 11.0 Å². The summed E-state index contributed by atoms with van der Waals surface area (Å²) in [6, 6.07) is -0.471. The lowest BCUT2D eigenvalue weighted by Gasteiger charge is -2.16. The van der Waals surface area contributed by atoms with Crippen LogP contribution in [-0.2, 0) is 9.59 Å². The topological polar surface area (TPSA) is 83.7 Å². The van der Waals surface area contributed by atoms with Gasteiger partial charge < -0.3 is 10.4 Å². The Labute approximate surface area is 130 Å². The maximum Gasteiger partial charge on any atom is 0.308 e. The van der Waals surface area contributed by atoms with Crippen LogP contribution in [-0.4, -0.2) is 32.4 Å². The fourth-order valence-electron chi connectivity index (χ4n) is 1.69. The van der Waals surface area contributed by atoms with E-state index in [9.17, 15) is 9.59 Å². The molecule has 1 amide bonds. The van der Waals surface area contributed by atoms with Gasteiger partial charge in [0.2, 0.25) is 5.91 Å². The van der Waals surface area contributed by atoms with Crippen molar-refractivity contribution in [3.05, 3.63) is 28.5 Å². The Morgan fingerprint density at radius 2 is 2.24 bits per heavy atom. The molecule has 2 aromatic heterocycles. The molecule has 112 valence electrons. The fourth-order valence-corrected chi connectivity index (χ4v) is 2.70. The minimum atomic E-state index is -0.953.